The van der Waals surface area contributed by atoms with Gasteiger partial charge in [0.15, 0.2) is 0 Å². The van der Waals surface area contributed by atoms with Gasteiger partial charge >= 0.3 is 0 Å². The number of ether oxygens (including phenoxy) is 2. The summed E-state index contributed by atoms with van der Waals surface area (Å²) in [5.74, 6) is 1.63. The molecule has 2 aromatic carbocycles. The number of rotatable bonds is 6. The zero-order chi connectivity index (χ0) is 15.3. The fraction of sp³-hybridized carbons (Fsp3) is 0.333. The van der Waals surface area contributed by atoms with Gasteiger partial charge in [0.1, 0.15) is 11.5 Å². The molecular weight excluding hydrogens is 264 g/mol. The predicted molar refractivity (Wildman–Crippen MR) is 84.0 cm³/mol. The van der Waals surface area contributed by atoms with Gasteiger partial charge in [-0.1, -0.05) is 30.3 Å². The number of hydrogen-bond acceptors (Lipinski definition) is 3. The van der Waals surface area contributed by atoms with Gasteiger partial charge in [-0.15, -0.1) is 0 Å². The van der Waals surface area contributed by atoms with Crippen LogP contribution in [-0.4, -0.2) is 24.9 Å². The molecule has 0 radical (unpaired) electrons. The Kier molecular flexibility index (Phi) is 4.86. The van der Waals surface area contributed by atoms with Gasteiger partial charge in [-0.3, -0.25) is 0 Å². The van der Waals surface area contributed by atoms with E-state index in [1.165, 1.54) is 0 Å². The second-order valence-electron chi connectivity index (χ2n) is 5.51. The van der Waals surface area contributed by atoms with Crippen molar-refractivity contribution in [3.05, 3.63) is 59.7 Å². The molecule has 1 unspecified atom stereocenters. The van der Waals surface area contributed by atoms with Gasteiger partial charge in [-0.05, 0) is 36.2 Å². The van der Waals surface area contributed by atoms with Crippen molar-refractivity contribution in [3.8, 4) is 11.5 Å². The minimum Gasteiger partial charge on any atom is -0.497 e. The molecule has 0 aliphatic carbocycles. The highest BCUT2D eigenvalue weighted by Gasteiger charge is 2.23. The zero-order valence-corrected chi connectivity index (χ0v) is 12.8. The maximum Gasteiger partial charge on any atom is 0.122 e. The number of methoxy groups -OCH3 is 2. The lowest BCUT2D eigenvalue weighted by Gasteiger charge is -2.24. The largest absolute Gasteiger partial charge is 0.497 e. The molecule has 3 nitrogen and oxygen atoms in total. The molecule has 0 heterocycles. The molecule has 0 bridgehead atoms. The molecule has 21 heavy (non-hydrogen) atoms. The van der Waals surface area contributed by atoms with E-state index in [1.54, 1.807) is 14.2 Å². The molecule has 0 aliphatic heterocycles. The summed E-state index contributed by atoms with van der Waals surface area (Å²) in [6, 6.07) is 15.6. The monoisotopic (exact) mass is 286 g/mol. The van der Waals surface area contributed by atoms with Crippen molar-refractivity contribution in [1.29, 1.82) is 0 Å². The van der Waals surface area contributed by atoms with E-state index in [2.05, 4.69) is 0 Å². The van der Waals surface area contributed by atoms with Crippen molar-refractivity contribution in [2.75, 3.05) is 14.2 Å². The van der Waals surface area contributed by atoms with Crippen LogP contribution < -0.4 is 9.47 Å². The molecule has 0 saturated carbocycles. The first kappa shape index (κ1) is 15.4. The van der Waals surface area contributed by atoms with Gasteiger partial charge in [0.05, 0.1) is 19.8 Å². The smallest absolute Gasteiger partial charge is 0.122 e. The van der Waals surface area contributed by atoms with Crippen LogP contribution in [0.15, 0.2) is 48.5 Å². The molecule has 3 heteroatoms. The van der Waals surface area contributed by atoms with Crippen molar-refractivity contribution >= 4 is 0 Å². The van der Waals surface area contributed by atoms with Crippen LogP contribution in [0, 0.1) is 0 Å². The van der Waals surface area contributed by atoms with E-state index < -0.39 is 5.60 Å². The highest BCUT2D eigenvalue weighted by atomic mass is 16.5. The molecule has 0 aliphatic rings. The first-order valence-corrected chi connectivity index (χ1v) is 7.01. The minimum atomic E-state index is -0.830. The van der Waals surface area contributed by atoms with E-state index in [1.807, 2.05) is 55.5 Å². The molecule has 0 aromatic heterocycles. The maximum absolute atomic E-state index is 10.7. The molecule has 1 atom stereocenters. The summed E-state index contributed by atoms with van der Waals surface area (Å²) in [7, 11) is 3.30. The Balaban J connectivity index is 2.10. The number of benzene rings is 2. The van der Waals surface area contributed by atoms with Crippen LogP contribution in [0.1, 0.15) is 18.1 Å². The topological polar surface area (TPSA) is 38.7 Å². The third-order valence-corrected chi connectivity index (χ3v) is 3.51. The fourth-order valence-electron chi connectivity index (χ4n) is 2.50. The number of para-hydroxylation sites is 1. The third kappa shape index (κ3) is 4.23. The molecule has 1 N–H and O–H groups in total. The minimum absolute atomic E-state index is 0.545. The summed E-state index contributed by atoms with van der Waals surface area (Å²) in [5, 5.41) is 10.7. The van der Waals surface area contributed by atoms with Crippen LogP contribution in [0.4, 0.5) is 0 Å². The van der Waals surface area contributed by atoms with E-state index in [9.17, 15) is 5.11 Å². The molecule has 0 amide bonds. The van der Waals surface area contributed by atoms with Crippen molar-refractivity contribution in [2.24, 2.45) is 0 Å². The van der Waals surface area contributed by atoms with Gasteiger partial charge in [-0.25, -0.2) is 0 Å². The molecule has 0 fully saturated rings. The van der Waals surface area contributed by atoms with E-state index in [0.29, 0.717) is 12.8 Å². The molecule has 2 aromatic rings. The lowest BCUT2D eigenvalue weighted by atomic mass is 9.89. The second-order valence-corrected chi connectivity index (χ2v) is 5.51. The average molecular weight is 286 g/mol. The van der Waals surface area contributed by atoms with Crippen molar-refractivity contribution in [3.63, 3.8) is 0 Å². The van der Waals surface area contributed by atoms with Gasteiger partial charge in [0, 0.05) is 12.8 Å². The lowest BCUT2D eigenvalue weighted by molar-refractivity contribution is 0.0602. The Bertz CT molecular complexity index is 573. The van der Waals surface area contributed by atoms with Crippen LogP contribution >= 0.6 is 0 Å². The highest BCUT2D eigenvalue weighted by molar-refractivity contribution is 5.35. The van der Waals surface area contributed by atoms with Crippen LogP contribution in [0.5, 0.6) is 11.5 Å². The quantitative estimate of drug-likeness (QED) is 0.886. The van der Waals surface area contributed by atoms with Crippen LogP contribution in [-0.2, 0) is 12.8 Å². The Morgan fingerprint density at radius 3 is 2.19 bits per heavy atom. The highest BCUT2D eigenvalue weighted by Crippen LogP contribution is 2.25. The summed E-state index contributed by atoms with van der Waals surface area (Å²) >= 11 is 0. The lowest BCUT2D eigenvalue weighted by Crippen LogP contribution is -2.30. The molecule has 0 saturated heterocycles. The molecular formula is C18H22O3. The van der Waals surface area contributed by atoms with E-state index in [4.69, 9.17) is 9.47 Å². The van der Waals surface area contributed by atoms with E-state index in [-0.39, 0.29) is 0 Å². The summed E-state index contributed by atoms with van der Waals surface area (Å²) in [4.78, 5) is 0. The average Bonchev–Trinajstić information content (AvgIpc) is 2.47. The second kappa shape index (κ2) is 6.64. The Hall–Kier alpha value is -2.00. The van der Waals surface area contributed by atoms with Crippen LogP contribution in [0.2, 0.25) is 0 Å². The summed E-state index contributed by atoms with van der Waals surface area (Å²) < 4.78 is 10.5. The van der Waals surface area contributed by atoms with Crippen molar-refractivity contribution < 1.29 is 14.6 Å². The van der Waals surface area contributed by atoms with Crippen LogP contribution in [0.3, 0.4) is 0 Å². The molecule has 0 spiro atoms. The van der Waals surface area contributed by atoms with Gasteiger partial charge in [0.25, 0.3) is 0 Å². The zero-order valence-electron chi connectivity index (χ0n) is 12.8. The predicted octanol–water partition coefficient (Wildman–Crippen LogP) is 3.24. The van der Waals surface area contributed by atoms with Gasteiger partial charge < -0.3 is 14.6 Å². The van der Waals surface area contributed by atoms with Crippen molar-refractivity contribution in [1.82, 2.24) is 0 Å². The number of aliphatic hydroxyl groups is 1. The molecule has 2 rings (SSSR count). The molecule has 112 valence electrons. The third-order valence-electron chi connectivity index (χ3n) is 3.51. The van der Waals surface area contributed by atoms with Gasteiger partial charge in [0.2, 0.25) is 0 Å². The Labute approximate surface area is 126 Å². The summed E-state index contributed by atoms with van der Waals surface area (Å²) in [6.07, 6.45) is 1.12. The summed E-state index contributed by atoms with van der Waals surface area (Å²) in [5.41, 5.74) is 1.26. The SMILES string of the molecule is COc1ccc(CC(C)(O)Cc2ccccc2OC)cc1. The van der Waals surface area contributed by atoms with Crippen LogP contribution in [0.25, 0.3) is 0 Å². The van der Waals surface area contributed by atoms with Crippen molar-refractivity contribution in [2.45, 2.75) is 25.4 Å². The first-order chi connectivity index (χ1) is 10.0. The Morgan fingerprint density at radius 2 is 1.57 bits per heavy atom. The maximum atomic E-state index is 10.7. The van der Waals surface area contributed by atoms with E-state index in [0.717, 1.165) is 22.6 Å². The fourth-order valence-corrected chi connectivity index (χ4v) is 2.50. The van der Waals surface area contributed by atoms with E-state index >= 15 is 0 Å². The number of hydrogen-bond donors (Lipinski definition) is 1. The standard InChI is InChI=1S/C18H22O3/c1-18(19,12-14-8-10-16(20-2)11-9-14)13-15-6-4-5-7-17(15)21-3/h4-11,19H,12-13H2,1-3H3. The first-order valence-electron chi connectivity index (χ1n) is 7.01. The summed E-state index contributed by atoms with van der Waals surface area (Å²) in [6.45, 7) is 1.85. The van der Waals surface area contributed by atoms with Gasteiger partial charge in [-0.2, -0.15) is 0 Å². The normalized spacial score (nSPS) is 13.5. The Morgan fingerprint density at radius 1 is 0.905 bits per heavy atom.